The molecule has 2 heterocycles. The van der Waals surface area contributed by atoms with Crippen LogP contribution in [0.3, 0.4) is 0 Å². The molecule has 1 unspecified atom stereocenters. The molecule has 0 aliphatic heterocycles. The average Bonchev–Trinajstić information content (AvgIpc) is 2.73. The van der Waals surface area contributed by atoms with Crippen molar-refractivity contribution in [2.75, 3.05) is 0 Å². The van der Waals surface area contributed by atoms with Crippen LogP contribution in [-0.2, 0) is 6.54 Å². The number of nitrogens with one attached hydrogen (secondary N) is 1. The predicted molar refractivity (Wildman–Crippen MR) is 71.1 cm³/mol. The van der Waals surface area contributed by atoms with Crippen LogP contribution >= 0.6 is 11.3 Å². The number of pyridine rings is 1. The van der Waals surface area contributed by atoms with Gasteiger partial charge in [-0.3, -0.25) is 4.98 Å². The van der Waals surface area contributed by atoms with Crippen LogP contribution in [0.15, 0.2) is 24.7 Å². The lowest BCUT2D eigenvalue weighted by atomic mass is 10.2. The fourth-order valence-corrected chi connectivity index (χ4v) is 2.45. The molecule has 0 amide bonds. The van der Waals surface area contributed by atoms with Gasteiger partial charge in [0.15, 0.2) is 0 Å². The maximum absolute atomic E-state index is 4.39. The zero-order chi connectivity index (χ0) is 12.3. The van der Waals surface area contributed by atoms with Crippen molar-refractivity contribution in [2.45, 2.75) is 33.4 Å². The van der Waals surface area contributed by atoms with Crippen LogP contribution in [0.5, 0.6) is 0 Å². The van der Waals surface area contributed by atoms with E-state index in [4.69, 9.17) is 0 Å². The first-order valence-corrected chi connectivity index (χ1v) is 6.53. The Morgan fingerprint density at radius 3 is 2.76 bits per heavy atom. The summed E-state index contributed by atoms with van der Waals surface area (Å²) in [5.74, 6) is 0. The first-order valence-electron chi connectivity index (χ1n) is 5.71. The van der Waals surface area contributed by atoms with Crippen LogP contribution in [0.1, 0.15) is 34.0 Å². The van der Waals surface area contributed by atoms with E-state index < -0.39 is 0 Å². The molecule has 1 atom stereocenters. The lowest BCUT2D eigenvalue weighted by Crippen LogP contribution is -2.18. The van der Waals surface area contributed by atoms with Crippen molar-refractivity contribution < 1.29 is 0 Å². The number of thiazole rings is 1. The lowest BCUT2D eigenvalue weighted by Gasteiger charge is -2.11. The molecule has 3 nitrogen and oxygen atoms in total. The Morgan fingerprint density at radius 2 is 2.12 bits per heavy atom. The second kappa shape index (κ2) is 5.38. The number of hydrogen-bond acceptors (Lipinski definition) is 4. The Balaban J connectivity index is 1.94. The summed E-state index contributed by atoms with van der Waals surface area (Å²) in [6, 6.07) is 2.44. The molecule has 2 aromatic rings. The van der Waals surface area contributed by atoms with Gasteiger partial charge in [-0.2, -0.15) is 0 Å². The van der Waals surface area contributed by atoms with Crippen LogP contribution in [0, 0.1) is 13.8 Å². The molecule has 0 aliphatic rings. The summed E-state index contributed by atoms with van der Waals surface area (Å²) in [6.45, 7) is 7.11. The van der Waals surface area contributed by atoms with Crippen LogP contribution in [0.2, 0.25) is 0 Å². The van der Waals surface area contributed by atoms with Crippen LogP contribution in [0.4, 0.5) is 0 Å². The van der Waals surface area contributed by atoms with E-state index in [1.54, 1.807) is 11.3 Å². The Hall–Kier alpha value is -1.26. The van der Waals surface area contributed by atoms with E-state index in [1.165, 1.54) is 16.0 Å². The van der Waals surface area contributed by atoms with Gasteiger partial charge in [-0.05, 0) is 31.9 Å². The summed E-state index contributed by atoms with van der Waals surface area (Å²) in [7, 11) is 0. The maximum Gasteiger partial charge on any atom is 0.109 e. The molecule has 2 rings (SSSR count). The third kappa shape index (κ3) is 3.35. The highest BCUT2D eigenvalue weighted by atomic mass is 32.1. The van der Waals surface area contributed by atoms with E-state index in [0.29, 0.717) is 0 Å². The van der Waals surface area contributed by atoms with Gasteiger partial charge in [0.25, 0.3) is 0 Å². The molecule has 1 N–H and O–H groups in total. The van der Waals surface area contributed by atoms with Crippen LogP contribution < -0.4 is 5.32 Å². The number of nitrogens with zero attached hydrogens (tertiary/aromatic N) is 2. The largest absolute Gasteiger partial charge is 0.304 e. The SMILES string of the molecule is Cc1cncc(CNC(C)c2ncc(C)s2)c1. The molecular weight excluding hydrogens is 230 g/mol. The third-order valence-electron chi connectivity index (χ3n) is 2.55. The molecule has 2 aromatic heterocycles. The summed E-state index contributed by atoms with van der Waals surface area (Å²) in [5, 5.41) is 4.61. The van der Waals surface area contributed by atoms with Gasteiger partial charge in [-0.1, -0.05) is 6.07 Å². The van der Waals surface area contributed by atoms with Gasteiger partial charge >= 0.3 is 0 Å². The topological polar surface area (TPSA) is 37.8 Å². The van der Waals surface area contributed by atoms with Crippen molar-refractivity contribution in [3.63, 3.8) is 0 Å². The molecule has 0 aromatic carbocycles. The molecule has 0 aliphatic carbocycles. The zero-order valence-electron chi connectivity index (χ0n) is 10.4. The second-order valence-corrected chi connectivity index (χ2v) is 5.55. The smallest absolute Gasteiger partial charge is 0.109 e. The van der Waals surface area contributed by atoms with E-state index in [1.807, 2.05) is 18.6 Å². The lowest BCUT2D eigenvalue weighted by molar-refractivity contribution is 0.571. The highest BCUT2D eigenvalue weighted by Crippen LogP contribution is 2.19. The van der Waals surface area contributed by atoms with Gasteiger partial charge in [0.2, 0.25) is 0 Å². The second-order valence-electron chi connectivity index (χ2n) is 4.28. The van der Waals surface area contributed by atoms with Gasteiger partial charge < -0.3 is 5.32 Å². The quantitative estimate of drug-likeness (QED) is 0.902. The molecule has 0 saturated carbocycles. The molecule has 17 heavy (non-hydrogen) atoms. The van der Waals surface area contributed by atoms with Crippen molar-refractivity contribution in [1.82, 2.24) is 15.3 Å². The Morgan fingerprint density at radius 1 is 1.29 bits per heavy atom. The fourth-order valence-electron chi connectivity index (χ4n) is 1.64. The van der Waals surface area contributed by atoms with Crippen molar-refractivity contribution in [1.29, 1.82) is 0 Å². The average molecular weight is 247 g/mol. The summed E-state index contributed by atoms with van der Waals surface area (Å²) in [4.78, 5) is 9.83. The van der Waals surface area contributed by atoms with Gasteiger partial charge in [-0.25, -0.2) is 4.98 Å². The number of hydrogen-bond donors (Lipinski definition) is 1. The Labute approximate surface area is 106 Å². The summed E-state index contributed by atoms with van der Waals surface area (Å²) in [6.07, 6.45) is 5.70. The minimum atomic E-state index is 0.286. The van der Waals surface area contributed by atoms with Gasteiger partial charge in [0.1, 0.15) is 5.01 Å². The standard InChI is InChI=1S/C13H17N3S/c1-9-4-12(7-14-5-9)8-15-11(3)13-16-6-10(2)17-13/h4-7,11,15H,8H2,1-3H3. The summed E-state index contributed by atoms with van der Waals surface area (Å²) >= 11 is 1.74. The van der Waals surface area contributed by atoms with E-state index in [0.717, 1.165) is 11.6 Å². The van der Waals surface area contributed by atoms with Crippen LogP contribution in [-0.4, -0.2) is 9.97 Å². The fraction of sp³-hybridized carbons (Fsp3) is 0.385. The van der Waals surface area contributed by atoms with Gasteiger partial charge in [0.05, 0.1) is 6.04 Å². The van der Waals surface area contributed by atoms with E-state index >= 15 is 0 Å². The first kappa shape index (κ1) is 12.2. The first-order chi connectivity index (χ1) is 8.15. The Bertz CT molecular complexity index is 493. The number of aromatic nitrogens is 2. The minimum absolute atomic E-state index is 0.286. The molecule has 4 heteroatoms. The van der Waals surface area contributed by atoms with Gasteiger partial charge in [0, 0.05) is 30.0 Å². The molecule has 0 fully saturated rings. The number of rotatable bonds is 4. The molecule has 0 bridgehead atoms. The summed E-state index contributed by atoms with van der Waals surface area (Å²) in [5.41, 5.74) is 2.41. The third-order valence-corrected chi connectivity index (χ3v) is 3.65. The highest BCUT2D eigenvalue weighted by molar-refractivity contribution is 7.11. The van der Waals surface area contributed by atoms with E-state index in [2.05, 4.69) is 42.1 Å². The van der Waals surface area contributed by atoms with Crippen molar-refractivity contribution in [3.8, 4) is 0 Å². The van der Waals surface area contributed by atoms with Crippen molar-refractivity contribution in [2.24, 2.45) is 0 Å². The van der Waals surface area contributed by atoms with E-state index in [-0.39, 0.29) is 6.04 Å². The Kier molecular flexibility index (Phi) is 3.86. The number of aryl methyl sites for hydroxylation is 2. The zero-order valence-corrected chi connectivity index (χ0v) is 11.2. The molecular formula is C13H17N3S. The highest BCUT2D eigenvalue weighted by Gasteiger charge is 2.08. The molecule has 90 valence electrons. The molecule has 0 radical (unpaired) electrons. The van der Waals surface area contributed by atoms with Crippen molar-refractivity contribution >= 4 is 11.3 Å². The van der Waals surface area contributed by atoms with Gasteiger partial charge in [-0.15, -0.1) is 11.3 Å². The monoisotopic (exact) mass is 247 g/mol. The summed E-state index contributed by atoms with van der Waals surface area (Å²) < 4.78 is 0. The minimum Gasteiger partial charge on any atom is -0.304 e. The predicted octanol–water partition coefficient (Wildman–Crippen LogP) is 3.01. The maximum atomic E-state index is 4.39. The molecule has 0 spiro atoms. The van der Waals surface area contributed by atoms with Crippen LogP contribution in [0.25, 0.3) is 0 Å². The molecule has 0 saturated heterocycles. The van der Waals surface area contributed by atoms with Crippen molar-refractivity contribution in [3.05, 3.63) is 45.7 Å². The van der Waals surface area contributed by atoms with E-state index in [9.17, 15) is 0 Å². The normalized spacial score (nSPS) is 12.6.